The fraction of sp³-hybridized carbons (Fsp3) is 0.200. The molecule has 0 aliphatic heterocycles. The lowest BCUT2D eigenvalue weighted by Crippen LogP contribution is -1.89. The van der Waals surface area contributed by atoms with Crippen LogP contribution in [0.25, 0.3) is 11.6 Å². The Morgan fingerprint density at radius 3 is 2.93 bits per heavy atom. The van der Waals surface area contributed by atoms with Gasteiger partial charge in [0.15, 0.2) is 5.15 Å². The second-order valence-electron chi connectivity index (χ2n) is 3.31. The molecule has 0 spiro atoms. The molecule has 0 bridgehead atoms. The third kappa shape index (κ3) is 1.51. The first-order valence-corrected chi connectivity index (χ1v) is 4.69. The Morgan fingerprint density at radius 2 is 2.21 bits per heavy atom. The third-order valence-electron chi connectivity index (χ3n) is 1.86. The lowest BCUT2D eigenvalue weighted by Gasteiger charge is -1.97. The van der Waals surface area contributed by atoms with Crippen molar-refractivity contribution in [2.45, 2.75) is 13.8 Å². The summed E-state index contributed by atoms with van der Waals surface area (Å²) in [7, 11) is 0. The second-order valence-corrected chi connectivity index (χ2v) is 3.67. The van der Waals surface area contributed by atoms with E-state index in [4.69, 9.17) is 11.6 Å². The monoisotopic (exact) mass is 207 g/mol. The molecular weight excluding hydrogens is 198 g/mol. The lowest BCUT2D eigenvalue weighted by molar-refractivity contribution is 1.09. The van der Waals surface area contributed by atoms with Crippen molar-refractivity contribution in [1.29, 1.82) is 0 Å². The SMILES string of the molecule is CC(C)=Cc1ncc2c(Cl)nccn12. The van der Waals surface area contributed by atoms with Crippen LogP contribution in [-0.4, -0.2) is 14.4 Å². The Morgan fingerprint density at radius 1 is 1.43 bits per heavy atom. The Bertz CT molecular complexity index is 495. The van der Waals surface area contributed by atoms with Gasteiger partial charge in [0.05, 0.1) is 6.20 Å². The maximum atomic E-state index is 5.91. The first kappa shape index (κ1) is 9.21. The van der Waals surface area contributed by atoms with Crippen molar-refractivity contribution in [3.63, 3.8) is 0 Å². The molecule has 0 aromatic carbocycles. The van der Waals surface area contributed by atoms with Gasteiger partial charge in [0.1, 0.15) is 11.3 Å². The summed E-state index contributed by atoms with van der Waals surface area (Å²) in [4.78, 5) is 8.24. The second kappa shape index (κ2) is 3.42. The first-order valence-electron chi connectivity index (χ1n) is 4.31. The topological polar surface area (TPSA) is 30.2 Å². The summed E-state index contributed by atoms with van der Waals surface area (Å²) in [5.74, 6) is 0.879. The summed E-state index contributed by atoms with van der Waals surface area (Å²) >= 11 is 5.91. The van der Waals surface area contributed by atoms with Crippen molar-refractivity contribution in [2.75, 3.05) is 0 Å². The third-order valence-corrected chi connectivity index (χ3v) is 2.15. The van der Waals surface area contributed by atoms with Gasteiger partial charge < -0.3 is 0 Å². The first-order chi connectivity index (χ1) is 6.68. The predicted octanol–water partition coefficient (Wildman–Crippen LogP) is 2.81. The van der Waals surface area contributed by atoms with Crippen molar-refractivity contribution >= 4 is 23.2 Å². The number of aromatic nitrogens is 3. The van der Waals surface area contributed by atoms with Crippen LogP contribution < -0.4 is 0 Å². The molecule has 0 N–H and O–H groups in total. The molecule has 14 heavy (non-hydrogen) atoms. The molecule has 72 valence electrons. The van der Waals surface area contributed by atoms with Gasteiger partial charge in [0, 0.05) is 12.4 Å². The highest BCUT2D eigenvalue weighted by Crippen LogP contribution is 2.16. The number of fused-ring (bicyclic) bond motifs is 1. The quantitative estimate of drug-likeness (QED) is 0.720. The van der Waals surface area contributed by atoms with E-state index in [2.05, 4.69) is 9.97 Å². The summed E-state index contributed by atoms with van der Waals surface area (Å²) in [5, 5.41) is 0.480. The van der Waals surface area contributed by atoms with E-state index in [0.717, 1.165) is 11.3 Å². The van der Waals surface area contributed by atoms with Crippen LogP contribution in [0.1, 0.15) is 19.7 Å². The Hall–Kier alpha value is -1.35. The van der Waals surface area contributed by atoms with Crippen molar-refractivity contribution in [3.05, 3.63) is 35.1 Å². The molecule has 3 nitrogen and oxygen atoms in total. The van der Waals surface area contributed by atoms with Crippen LogP contribution in [0, 0.1) is 0 Å². The zero-order valence-corrected chi connectivity index (χ0v) is 8.78. The van der Waals surface area contributed by atoms with E-state index in [1.807, 2.05) is 30.5 Å². The maximum absolute atomic E-state index is 5.91. The standard InChI is InChI=1S/C10H10ClN3/c1-7(2)5-9-13-6-8-10(11)12-3-4-14(8)9/h3-6H,1-2H3. The van der Waals surface area contributed by atoms with Crippen LogP contribution in [0.2, 0.25) is 5.15 Å². The van der Waals surface area contributed by atoms with Crippen molar-refractivity contribution in [3.8, 4) is 0 Å². The van der Waals surface area contributed by atoms with E-state index in [-0.39, 0.29) is 0 Å². The normalized spacial score (nSPS) is 10.5. The van der Waals surface area contributed by atoms with E-state index in [9.17, 15) is 0 Å². The Balaban J connectivity index is 2.70. The molecule has 0 saturated carbocycles. The molecule has 2 rings (SSSR count). The molecular formula is C10H10ClN3. The van der Waals surface area contributed by atoms with Crippen LogP contribution in [0.5, 0.6) is 0 Å². The average molecular weight is 208 g/mol. The van der Waals surface area contributed by atoms with Crippen molar-refractivity contribution < 1.29 is 0 Å². The molecule has 2 heterocycles. The van der Waals surface area contributed by atoms with E-state index in [0.29, 0.717) is 5.15 Å². The highest BCUT2D eigenvalue weighted by atomic mass is 35.5. The minimum Gasteiger partial charge on any atom is -0.296 e. The van der Waals surface area contributed by atoms with E-state index in [1.54, 1.807) is 12.4 Å². The number of imidazole rings is 1. The van der Waals surface area contributed by atoms with Gasteiger partial charge >= 0.3 is 0 Å². The van der Waals surface area contributed by atoms with Crippen molar-refractivity contribution in [2.24, 2.45) is 0 Å². The molecule has 0 saturated heterocycles. The summed E-state index contributed by atoms with van der Waals surface area (Å²) in [5.41, 5.74) is 2.03. The van der Waals surface area contributed by atoms with Gasteiger partial charge in [-0.15, -0.1) is 0 Å². The van der Waals surface area contributed by atoms with Crippen LogP contribution in [0.15, 0.2) is 24.2 Å². The van der Waals surface area contributed by atoms with Crippen LogP contribution >= 0.6 is 11.6 Å². The summed E-state index contributed by atoms with van der Waals surface area (Å²) in [6.07, 6.45) is 7.25. The largest absolute Gasteiger partial charge is 0.296 e. The zero-order chi connectivity index (χ0) is 10.1. The van der Waals surface area contributed by atoms with Crippen LogP contribution in [-0.2, 0) is 0 Å². The van der Waals surface area contributed by atoms with E-state index < -0.39 is 0 Å². The molecule has 0 atom stereocenters. The van der Waals surface area contributed by atoms with Crippen LogP contribution in [0.3, 0.4) is 0 Å². The van der Waals surface area contributed by atoms with Gasteiger partial charge in [-0.05, 0) is 19.9 Å². The number of rotatable bonds is 1. The fourth-order valence-corrected chi connectivity index (χ4v) is 1.48. The number of nitrogens with zero attached hydrogens (tertiary/aromatic N) is 3. The Kier molecular flexibility index (Phi) is 2.25. The lowest BCUT2D eigenvalue weighted by atomic mass is 10.3. The van der Waals surface area contributed by atoms with E-state index >= 15 is 0 Å². The minimum atomic E-state index is 0.480. The molecule has 2 aromatic heterocycles. The molecule has 0 aliphatic rings. The maximum Gasteiger partial charge on any atom is 0.154 e. The highest BCUT2D eigenvalue weighted by molar-refractivity contribution is 6.32. The van der Waals surface area contributed by atoms with E-state index in [1.165, 1.54) is 5.57 Å². The molecule has 0 aliphatic carbocycles. The van der Waals surface area contributed by atoms with Gasteiger partial charge in [0.2, 0.25) is 0 Å². The summed E-state index contributed by atoms with van der Waals surface area (Å²) < 4.78 is 1.92. The minimum absolute atomic E-state index is 0.480. The van der Waals surface area contributed by atoms with Gasteiger partial charge in [0.25, 0.3) is 0 Å². The number of hydrogen-bond donors (Lipinski definition) is 0. The Labute approximate surface area is 87.1 Å². The number of allylic oxidation sites excluding steroid dienone is 1. The molecule has 0 amide bonds. The summed E-state index contributed by atoms with van der Waals surface area (Å²) in [6.45, 7) is 4.06. The average Bonchev–Trinajstić information content (AvgIpc) is 2.49. The smallest absolute Gasteiger partial charge is 0.154 e. The van der Waals surface area contributed by atoms with Gasteiger partial charge in [-0.2, -0.15) is 0 Å². The van der Waals surface area contributed by atoms with Crippen molar-refractivity contribution in [1.82, 2.24) is 14.4 Å². The molecule has 0 radical (unpaired) electrons. The fourth-order valence-electron chi connectivity index (χ4n) is 1.28. The predicted molar refractivity (Wildman–Crippen MR) is 57.3 cm³/mol. The van der Waals surface area contributed by atoms with Gasteiger partial charge in [-0.3, -0.25) is 4.40 Å². The number of halogens is 1. The molecule has 0 unspecified atom stereocenters. The van der Waals surface area contributed by atoms with Gasteiger partial charge in [-0.25, -0.2) is 9.97 Å². The van der Waals surface area contributed by atoms with Crippen LogP contribution in [0.4, 0.5) is 0 Å². The zero-order valence-electron chi connectivity index (χ0n) is 8.03. The molecule has 4 heteroatoms. The number of hydrogen-bond acceptors (Lipinski definition) is 2. The molecule has 2 aromatic rings. The van der Waals surface area contributed by atoms with Gasteiger partial charge in [-0.1, -0.05) is 17.2 Å². The summed E-state index contributed by atoms with van der Waals surface area (Å²) in [6, 6.07) is 0. The molecule has 0 fully saturated rings. The highest BCUT2D eigenvalue weighted by Gasteiger charge is 2.03.